The Labute approximate surface area is 156 Å². The zero-order chi connectivity index (χ0) is 19.2. The lowest BCUT2D eigenvalue weighted by Gasteiger charge is -2.23. The summed E-state index contributed by atoms with van der Waals surface area (Å²) in [7, 11) is -3.72. The van der Waals surface area contributed by atoms with Crippen LogP contribution in [0.1, 0.15) is 18.2 Å². The SMILES string of the molecule is C[C@@H]1Cc2cc(S(N)(=O)=O)ccc2N1Cc1cc(-c2ccc(F)cc2)no1. The van der Waals surface area contributed by atoms with Gasteiger partial charge in [0.1, 0.15) is 11.5 Å². The molecule has 1 aromatic heterocycles. The van der Waals surface area contributed by atoms with Crippen LogP contribution in [0.5, 0.6) is 0 Å². The molecule has 3 aromatic rings. The second kappa shape index (κ2) is 6.47. The minimum atomic E-state index is -3.72. The van der Waals surface area contributed by atoms with Crippen molar-refractivity contribution in [1.82, 2.24) is 5.16 Å². The van der Waals surface area contributed by atoms with Crippen molar-refractivity contribution in [1.29, 1.82) is 0 Å². The number of aromatic nitrogens is 1. The highest BCUT2D eigenvalue weighted by Gasteiger charge is 2.28. The Morgan fingerprint density at radius 2 is 1.96 bits per heavy atom. The number of nitrogens with two attached hydrogens (primary N) is 1. The van der Waals surface area contributed by atoms with Crippen molar-refractivity contribution in [2.24, 2.45) is 5.14 Å². The molecule has 1 aliphatic heterocycles. The fourth-order valence-electron chi connectivity index (χ4n) is 3.40. The van der Waals surface area contributed by atoms with E-state index in [1.165, 1.54) is 18.2 Å². The highest BCUT2D eigenvalue weighted by molar-refractivity contribution is 7.89. The Hall–Kier alpha value is -2.71. The van der Waals surface area contributed by atoms with Crippen molar-refractivity contribution in [3.05, 3.63) is 65.7 Å². The van der Waals surface area contributed by atoms with Crippen LogP contribution in [0.25, 0.3) is 11.3 Å². The van der Waals surface area contributed by atoms with Gasteiger partial charge in [-0.2, -0.15) is 0 Å². The van der Waals surface area contributed by atoms with Crippen molar-refractivity contribution in [3.8, 4) is 11.3 Å². The summed E-state index contributed by atoms with van der Waals surface area (Å²) in [6.45, 7) is 2.56. The molecule has 0 radical (unpaired) electrons. The van der Waals surface area contributed by atoms with Gasteiger partial charge in [0.15, 0.2) is 5.76 Å². The molecule has 0 amide bonds. The quantitative estimate of drug-likeness (QED) is 0.743. The van der Waals surface area contributed by atoms with E-state index in [1.54, 1.807) is 24.3 Å². The van der Waals surface area contributed by atoms with E-state index >= 15 is 0 Å². The van der Waals surface area contributed by atoms with Gasteiger partial charge < -0.3 is 9.42 Å². The number of hydrogen-bond acceptors (Lipinski definition) is 5. The zero-order valence-electron chi connectivity index (χ0n) is 14.6. The predicted octanol–water partition coefficient (Wildman–Crippen LogP) is 3.08. The van der Waals surface area contributed by atoms with Crippen LogP contribution in [0, 0.1) is 5.82 Å². The van der Waals surface area contributed by atoms with Gasteiger partial charge in [0.2, 0.25) is 10.0 Å². The van der Waals surface area contributed by atoms with Crippen molar-refractivity contribution >= 4 is 15.7 Å². The van der Waals surface area contributed by atoms with Crippen molar-refractivity contribution < 1.29 is 17.3 Å². The van der Waals surface area contributed by atoms with Crippen molar-refractivity contribution in [3.63, 3.8) is 0 Å². The molecule has 0 saturated heterocycles. The molecule has 0 spiro atoms. The smallest absolute Gasteiger partial charge is 0.238 e. The topological polar surface area (TPSA) is 89.4 Å². The van der Waals surface area contributed by atoms with Crippen LogP contribution >= 0.6 is 0 Å². The first-order valence-corrected chi connectivity index (χ1v) is 10.00. The fraction of sp³-hybridized carbons (Fsp3) is 0.211. The Balaban J connectivity index is 1.58. The van der Waals surface area contributed by atoms with Crippen LogP contribution < -0.4 is 10.0 Å². The molecular weight excluding hydrogens is 369 g/mol. The first-order chi connectivity index (χ1) is 12.8. The zero-order valence-corrected chi connectivity index (χ0v) is 15.4. The number of fused-ring (bicyclic) bond motifs is 1. The number of nitrogens with zero attached hydrogens (tertiary/aromatic N) is 2. The lowest BCUT2D eigenvalue weighted by molar-refractivity contribution is 0.380. The van der Waals surface area contributed by atoms with Crippen LogP contribution in [0.4, 0.5) is 10.1 Å². The molecule has 8 heteroatoms. The standard InChI is InChI=1S/C19H18FN3O3S/c1-12-8-14-9-17(27(21,24)25)6-7-19(14)23(12)11-16-10-18(22-26-16)13-2-4-15(20)5-3-13/h2-7,9-10,12H,8,11H2,1H3,(H2,21,24,25)/t12-/m1/s1. The molecule has 0 bridgehead atoms. The third-order valence-electron chi connectivity index (χ3n) is 4.76. The van der Waals surface area contributed by atoms with E-state index in [2.05, 4.69) is 17.0 Å². The van der Waals surface area contributed by atoms with E-state index in [1.807, 2.05) is 6.07 Å². The predicted molar refractivity (Wildman–Crippen MR) is 99.1 cm³/mol. The van der Waals surface area contributed by atoms with Gasteiger partial charge in [-0.3, -0.25) is 0 Å². The van der Waals surface area contributed by atoms with Gasteiger partial charge in [-0.1, -0.05) is 5.16 Å². The van der Waals surface area contributed by atoms with E-state index in [9.17, 15) is 12.8 Å². The van der Waals surface area contributed by atoms with Crippen LogP contribution in [0.15, 0.2) is 57.9 Å². The average molecular weight is 387 g/mol. The van der Waals surface area contributed by atoms with Crippen molar-refractivity contribution in [2.75, 3.05) is 4.90 Å². The minimum Gasteiger partial charge on any atom is -0.361 e. The molecule has 4 rings (SSSR count). The summed E-state index contributed by atoms with van der Waals surface area (Å²) in [5.41, 5.74) is 3.31. The Kier molecular flexibility index (Phi) is 4.24. The molecule has 2 N–H and O–H groups in total. The van der Waals surface area contributed by atoms with Gasteiger partial charge >= 0.3 is 0 Å². The highest BCUT2D eigenvalue weighted by atomic mass is 32.2. The van der Waals surface area contributed by atoms with E-state index in [0.717, 1.165) is 23.2 Å². The van der Waals surface area contributed by atoms with Gasteiger partial charge in [-0.05, 0) is 61.4 Å². The monoisotopic (exact) mass is 387 g/mol. The summed E-state index contributed by atoms with van der Waals surface area (Å²) in [6, 6.07) is 13.0. The molecule has 1 aliphatic rings. The van der Waals surface area contributed by atoms with Crippen molar-refractivity contribution in [2.45, 2.75) is 30.8 Å². The summed E-state index contributed by atoms with van der Waals surface area (Å²) < 4.78 is 41.6. The van der Waals surface area contributed by atoms with E-state index in [4.69, 9.17) is 9.66 Å². The van der Waals surface area contributed by atoms with Crippen LogP contribution in [0.3, 0.4) is 0 Å². The van der Waals surface area contributed by atoms with E-state index in [-0.39, 0.29) is 16.8 Å². The number of primary sulfonamides is 1. The van der Waals surface area contributed by atoms with E-state index < -0.39 is 10.0 Å². The Morgan fingerprint density at radius 3 is 2.67 bits per heavy atom. The van der Waals surface area contributed by atoms with Gasteiger partial charge in [-0.25, -0.2) is 17.9 Å². The van der Waals surface area contributed by atoms with E-state index in [0.29, 0.717) is 18.0 Å². The molecule has 2 heterocycles. The lowest BCUT2D eigenvalue weighted by atomic mass is 10.1. The molecule has 0 aliphatic carbocycles. The number of sulfonamides is 1. The molecule has 2 aromatic carbocycles. The molecule has 6 nitrogen and oxygen atoms in total. The average Bonchev–Trinajstić information content (AvgIpc) is 3.20. The fourth-order valence-corrected chi connectivity index (χ4v) is 3.97. The van der Waals surface area contributed by atoms with Gasteiger partial charge in [-0.15, -0.1) is 0 Å². The third kappa shape index (κ3) is 3.45. The maximum Gasteiger partial charge on any atom is 0.238 e. The molecule has 0 unspecified atom stereocenters. The van der Waals surface area contributed by atoms with Gasteiger partial charge in [0.05, 0.1) is 11.4 Å². The van der Waals surface area contributed by atoms with Crippen LogP contribution in [-0.2, 0) is 23.0 Å². The summed E-state index contributed by atoms with van der Waals surface area (Å²) in [5.74, 6) is 0.369. The maximum atomic E-state index is 13.1. The first-order valence-electron chi connectivity index (χ1n) is 8.45. The largest absolute Gasteiger partial charge is 0.361 e. The second-order valence-electron chi connectivity index (χ2n) is 6.70. The molecular formula is C19H18FN3O3S. The first kappa shape index (κ1) is 17.7. The normalized spacial score (nSPS) is 16.6. The second-order valence-corrected chi connectivity index (χ2v) is 8.26. The molecule has 1 atom stereocenters. The lowest BCUT2D eigenvalue weighted by Crippen LogP contribution is -2.28. The molecule has 0 saturated carbocycles. The minimum absolute atomic E-state index is 0.119. The summed E-state index contributed by atoms with van der Waals surface area (Å²) in [4.78, 5) is 2.26. The highest BCUT2D eigenvalue weighted by Crippen LogP contribution is 2.35. The number of anilines is 1. The molecule has 27 heavy (non-hydrogen) atoms. The number of rotatable bonds is 4. The summed E-state index contributed by atoms with van der Waals surface area (Å²) in [6.07, 6.45) is 0.720. The van der Waals surface area contributed by atoms with Gasteiger partial charge in [0, 0.05) is 23.4 Å². The maximum absolute atomic E-state index is 13.1. The van der Waals surface area contributed by atoms with Crippen LogP contribution in [0.2, 0.25) is 0 Å². The summed E-state index contributed by atoms with van der Waals surface area (Å²) >= 11 is 0. The van der Waals surface area contributed by atoms with Gasteiger partial charge in [0.25, 0.3) is 0 Å². The summed E-state index contributed by atoms with van der Waals surface area (Å²) in [5, 5.41) is 9.29. The molecule has 140 valence electrons. The van der Waals surface area contributed by atoms with Crippen LogP contribution in [-0.4, -0.2) is 19.6 Å². The number of halogens is 1. The third-order valence-corrected chi connectivity index (χ3v) is 5.67. The Morgan fingerprint density at radius 1 is 1.22 bits per heavy atom. The number of hydrogen-bond donors (Lipinski definition) is 1. The molecule has 0 fully saturated rings. The number of benzene rings is 2. The Bertz CT molecular complexity index is 1090.